The highest BCUT2D eigenvalue weighted by Gasteiger charge is 2.36. The van der Waals surface area contributed by atoms with Gasteiger partial charge in [-0.2, -0.15) is 4.98 Å². The fourth-order valence-corrected chi connectivity index (χ4v) is 7.08. The van der Waals surface area contributed by atoms with E-state index in [1.807, 2.05) is 10.7 Å². The van der Waals surface area contributed by atoms with Crippen LogP contribution >= 0.6 is 0 Å². The molecule has 42 heavy (non-hydrogen) atoms. The molecular formula is C33H40N8O. The summed E-state index contributed by atoms with van der Waals surface area (Å²) in [5.41, 5.74) is 5.48. The van der Waals surface area contributed by atoms with E-state index in [2.05, 4.69) is 71.0 Å². The molecule has 1 aliphatic carbocycles. The Bertz CT molecular complexity index is 1670. The summed E-state index contributed by atoms with van der Waals surface area (Å²) in [6, 6.07) is 12.6. The average molecular weight is 565 g/mol. The van der Waals surface area contributed by atoms with Crippen molar-refractivity contribution < 1.29 is 0 Å². The molecule has 2 saturated heterocycles. The Balaban J connectivity index is 1.13. The zero-order chi connectivity index (χ0) is 28.8. The standard InChI is InChI=1S/C33H40N8O/c1-4-17-40-31(42)27-22-34-32(37-30(27)41(40)28-12-7-24-6-5-23(2)29(24)36-28)35-25-8-10-26(11-9-25)39-20-15-33(16-21-39)13-18-38(3)19-14-33/h4,7-12,22-23H,1,5-6,13-21H2,2-3H3,(H,34,35,37). The fraction of sp³-hybridized carbons (Fsp3) is 0.455. The third-order valence-electron chi connectivity index (χ3n) is 9.87. The lowest BCUT2D eigenvalue weighted by Gasteiger charge is -2.46. The van der Waals surface area contributed by atoms with Gasteiger partial charge in [-0.1, -0.05) is 19.1 Å². The average Bonchev–Trinajstić information content (AvgIpc) is 3.51. The van der Waals surface area contributed by atoms with Crippen LogP contribution in [0.1, 0.15) is 56.2 Å². The van der Waals surface area contributed by atoms with Gasteiger partial charge in [0.2, 0.25) is 5.95 Å². The van der Waals surface area contributed by atoms with E-state index in [0.29, 0.717) is 40.7 Å². The van der Waals surface area contributed by atoms with Crippen LogP contribution in [0.5, 0.6) is 0 Å². The third kappa shape index (κ3) is 4.79. The van der Waals surface area contributed by atoms with Crippen molar-refractivity contribution in [2.45, 2.75) is 57.9 Å². The molecule has 1 spiro atoms. The third-order valence-corrected chi connectivity index (χ3v) is 9.87. The Morgan fingerprint density at radius 1 is 1.02 bits per heavy atom. The number of piperidine rings is 2. The lowest BCUT2D eigenvalue weighted by atomic mass is 9.71. The first-order valence-corrected chi connectivity index (χ1v) is 15.3. The summed E-state index contributed by atoms with van der Waals surface area (Å²) in [5.74, 6) is 1.53. The number of anilines is 3. The first kappa shape index (κ1) is 26.9. The highest BCUT2D eigenvalue weighted by molar-refractivity contribution is 5.77. The number of likely N-dealkylation sites (tertiary alicyclic amines) is 1. The molecule has 0 saturated carbocycles. The second-order valence-corrected chi connectivity index (χ2v) is 12.5. The van der Waals surface area contributed by atoms with Crippen LogP contribution in [0.4, 0.5) is 17.3 Å². The molecule has 1 N–H and O–H groups in total. The zero-order valence-electron chi connectivity index (χ0n) is 24.7. The summed E-state index contributed by atoms with van der Waals surface area (Å²) in [4.78, 5) is 32.6. The van der Waals surface area contributed by atoms with Crippen LogP contribution in [0.15, 0.2) is 60.0 Å². The van der Waals surface area contributed by atoms with Gasteiger partial charge in [0, 0.05) is 36.4 Å². The monoisotopic (exact) mass is 564 g/mol. The van der Waals surface area contributed by atoms with E-state index in [0.717, 1.165) is 37.3 Å². The van der Waals surface area contributed by atoms with Gasteiger partial charge in [-0.05, 0) is 106 Å². The number of hydrogen-bond donors (Lipinski definition) is 1. The van der Waals surface area contributed by atoms with Gasteiger partial charge in [-0.25, -0.2) is 19.3 Å². The molecule has 4 aromatic rings. The van der Waals surface area contributed by atoms with E-state index < -0.39 is 0 Å². The van der Waals surface area contributed by atoms with Gasteiger partial charge >= 0.3 is 0 Å². The Labute approximate surface area is 246 Å². The van der Waals surface area contributed by atoms with Crippen LogP contribution in [0, 0.1) is 5.41 Å². The summed E-state index contributed by atoms with van der Waals surface area (Å²) in [7, 11) is 2.24. The maximum absolute atomic E-state index is 13.3. The molecule has 3 aromatic heterocycles. The summed E-state index contributed by atoms with van der Waals surface area (Å²) in [5, 5.41) is 3.81. The Hall–Kier alpha value is -3.98. The highest BCUT2D eigenvalue weighted by Crippen LogP contribution is 2.42. The zero-order valence-corrected chi connectivity index (χ0v) is 24.7. The molecule has 7 rings (SSSR count). The van der Waals surface area contributed by atoms with Crippen LogP contribution in [0.2, 0.25) is 0 Å². The Morgan fingerprint density at radius 3 is 2.50 bits per heavy atom. The second-order valence-electron chi connectivity index (χ2n) is 12.5. The maximum Gasteiger partial charge on any atom is 0.278 e. The van der Waals surface area contributed by atoms with E-state index in [-0.39, 0.29) is 5.56 Å². The number of pyridine rings is 1. The van der Waals surface area contributed by atoms with E-state index >= 15 is 0 Å². The molecule has 1 atom stereocenters. The summed E-state index contributed by atoms with van der Waals surface area (Å²) >= 11 is 0. The van der Waals surface area contributed by atoms with Crippen molar-refractivity contribution in [3.63, 3.8) is 0 Å². The minimum Gasteiger partial charge on any atom is -0.371 e. The van der Waals surface area contributed by atoms with Gasteiger partial charge in [0.05, 0.1) is 6.54 Å². The SMILES string of the molecule is C=CCn1c(=O)c2cnc(Nc3ccc(N4CCC5(CCN(C)CC5)CC4)cc3)nc2n1-c1ccc2c(n1)C(C)CC2. The molecule has 0 radical (unpaired) electrons. The van der Waals surface area contributed by atoms with E-state index in [4.69, 9.17) is 9.97 Å². The number of fused-ring (bicyclic) bond motifs is 2. The van der Waals surface area contributed by atoms with Crippen molar-refractivity contribution in [3.8, 4) is 5.82 Å². The lowest BCUT2D eigenvalue weighted by Crippen LogP contribution is -2.46. The molecule has 3 aliphatic rings. The molecule has 9 nitrogen and oxygen atoms in total. The van der Waals surface area contributed by atoms with Crippen molar-refractivity contribution in [1.82, 2.24) is 29.2 Å². The normalized spacial score (nSPS) is 20.2. The van der Waals surface area contributed by atoms with Gasteiger partial charge in [-0.3, -0.25) is 4.79 Å². The maximum atomic E-state index is 13.3. The summed E-state index contributed by atoms with van der Waals surface area (Å²) < 4.78 is 3.45. The molecule has 0 amide bonds. The summed E-state index contributed by atoms with van der Waals surface area (Å²) in [6.45, 7) is 11.1. The largest absolute Gasteiger partial charge is 0.371 e. The predicted molar refractivity (Wildman–Crippen MR) is 168 cm³/mol. The number of aryl methyl sites for hydroxylation is 1. The molecule has 2 fully saturated rings. The molecular weight excluding hydrogens is 524 g/mol. The number of benzene rings is 1. The minimum absolute atomic E-state index is 0.153. The molecule has 9 heteroatoms. The smallest absolute Gasteiger partial charge is 0.278 e. The van der Waals surface area contributed by atoms with Gasteiger partial charge in [0.1, 0.15) is 5.39 Å². The topological polar surface area (TPSA) is 84.1 Å². The van der Waals surface area contributed by atoms with Gasteiger partial charge in [-0.15, -0.1) is 6.58 Å². The van der Waals surface area contributed by atoms with Crippen molar-refractivity contribution in [2.24, 2.45) is 5.41 Å². The number of rotatable bonds is 6. The van der Waals surface area contributed by atoms with E-state index in [1.54, 1.807) is 17.0 Å². The first-order valence-electron chi connectivity index (χ1n) is 15.3. The van der Waals surface area contributed by atoms with Crippen LogP contribution in [0.25, 0.3) is 16.9 Å². The lowest BCUT2D eigenvalue weighted by molar-refractivity contribution is 0.0945. The molecule has 218 valence electrons. The van der Waals surface area contributed by atoms with Gasteiger partial charge < -0.3 is 15.1 Å². The molecule has 1 aromatic carbocycles. The van der Waals surface area contributed by atoms with Gasteiger partial charge in [0.15, 0.2) is 11.5 Å². The fourth-order valence-electron chi connectivity index (χ4n) is 7.08. The Kier molecular flexibility index (Phi) is 6.85. The number of allylic oxidation sites excluding steroid dienone is 1. The first-order chi connectivity index (χ1) is 20.4. The number of hydrogen-bond acceptors (Lipinski definition) is 7. The molecule has 5 heterocycles. The van der Waals surface area contributed by atoms with Crippen molar-refractivity contribution in [3.05, 3.63) is 76.9 Å². The van der Waals surface area contributed by atoms with Crippen LogP contribution in [0.3, 0.4) is 0 Å². The Morgan fingerprint density at radius 2 is 1.76 bits per heavy atom. The quantitative estimate of drug-likeness (QED) is 0.320. The van der Waals surface area contributed by atoms with Gasteiger partial charge in [0.25, 0.3) is 5.56 Å². The molecule has 2 aliphatic heterocycles. The predicted octanol–water partition coefficient (Wildman–Crippen LogP) is 5.27. The van der Waals surface area contributed by atoms with Crippen molar-refractivity contribution >= 4 is 28.4 Å². The van der Waals surface area contributed by atoms with E-state index in [1.165, 1.54) is 50.0 Å². The van der Waals surface area contributed by atoms with Crippen LogP contribution in [-0.2, 0) is 13.0 Å². The number of aromatic nitrogens is 5. The highest BCUT2D eigenvalue weighted by atomic mass is 16.1. The number of nitrogens with one attached hydrogen (secondary N) is 1. The van der Waals surface area contributed by atoms with Crippen molar-refractivity contribution in [2.75, 3.05) is 43.4 Å². The van der Waals surface area contributed by atoms with Crippen LogP contribution in [-0.4, -0.2) is 62.4 Å². The van der Waals surface area contributed by atoms with E-state index in [9.17, 15) is 4.79 Å². The number of nitrogens with zero attached hydrogens (tertiary/aromatic N) is 7. The van der Waals surface area contributed by atoms with Crippen LogP contribution < -0.4 is 15.8 Å². The molecule has 1 unspecified atom stereocenters. The van der Waals surface area contributed by atoms with Crippen molar-refractivity contribution in [1.29, 1.82) is 0 Å². The minimum atomic E-state index is -0.153. The second kappa shape index (κ2) is 10.7. The molecule has 0 bridgehead atoms. The summed E-state index contributed by atoms with van der Waals surface area (Å²) in [6.07, 6.45) is 10.7.